The Balaban J connectivity index is 2.83. The van der Waals surface area contributed by atoms with Crippen LogP contribution >= 0.6 is 8.35 Å². The molecule has 0 saturated heterocycles. The first kappa shape index (κ1) is 5.09. The maximum atomic E-state index is 5.05. The Kier molecular flexibility index (Phi) is 2.38. The van der Waals surface area contributed by atoms with Crippen LogP contribution in [0, 0.1) is 0 Å². The van der Waals surface area contributed by atoms with E-state index in [0.717, 1.165) is 8.35 Å². The highest BCUT2D eigenvalue weighted by molar-refractivity contribution is 7.33. The van der Waals surface area contributed by atoms with Gasteiger partial charge in [0.25, 0.3) is 0 Å². The summed E-state index contributed by atoms with van der Waals surface area (Å²) >= 11 is 0. The monoisotopic (exact) mass is 90.0 g/mol. The lowest BCUT2D eigenvalue weighted by Gasteiger charge is -1.92. The molecule has 0 fully saturated rings. The first-order valence-electron chi connectivity index (χ1n) is 1.22. The highest BCUT2D eigenvalue weighted by atomic mass is 31.1. The average Bonchev–Trinajstić information content (AvgIpc) is 1.38. The molecule has 0 unspecified atom stereocenters. The van der Waals surface area contributed by atoms with Crippen LogP contribution in [0.1, 0.15) is 0 Å². The molecule has 0 aliphatic carbocycles. The van der Waals surface area contributed by atoms with Gasteiger partial charge in [-0.15, -0.1) is 0 Å². The quantitative estimate of drug-likeness (QED) is 0.281. The zero-order chi connectivity index (χ0) is 4.28. The van der Waals surface area contributed by atoms with Crippen LogP contribution in [0.5, 0.6) is 0 Å². The summed E-state index contributed by atoms with van der Waals surface area (Å²) in [5, 5.41) is 0. The molecule has 0 saturated carbocycles. The van der Waals surface area contributed by atoms with Gasteiger partial charge in [0.05, 0.1) is 0 Å². The van der Waals surface area contributed by atoms with E-state index in [4.69, 9.17) is 5.84 Å². The smallest absolute Gasteiger partial charge is 0.0104 e. The average molecular weight is 90.1 g/mol. The number of nitrogens with zero attached hydrogens (tertiary/aromatic N) is 1. The van der Waals surface area contributed by atoms with Crippen LogP contribution in [0.3, 0.4) is 0 Å². The molecular weight excluding hydrogens is 83.0 g/mol. The van der Waals surface area contributed by atoms with Crippen molar-refractivity contribution in [3.63, 3.8) is 0 Å². The van der Waals surface area contributed by atoms with Crippen LogP contribution in [-0.4, -0.2) is 18.1 Å². The molecule has 2 nitrogen and oxygen atoms in total. The molecule has 0 amide bonds. The molecule has 0 rings (SSSR count). The SMILES string of the molecule is C=PN(C)N. The summed E-state index contributed by atoms with van der Waals surface area (Å²) in [6.07, 6.45) is 3.46. The van der Waals surface area contributed by atoms with Gasteiger partial charge < -0.3 is 0 Å². The van der Waals surface area contributed by atoms with Gasteiger partial charge in [-0.2, -0.15) is 0 Å². The van der Waals surface area contributed by atoms with Crippen LogP contribution in [0.15, 0.2) is 0 Å². The third kappa shape index (κ3) is 4.09. The standard InChI is InChI=1S/C2H7N2P/c1-4(3)5-2/h2-3H2,1H3. The van der Waals surface area contributed by atoms with Crippen molar-refractivity contribution in [1.29, 1.82) is 0 Å². The second-order valence-corrected chi connectivity index (χ2v) is 1.63. The van der Waals surface area contributed by atoms with Gasteiger partial charge in [0, 0.05) is 7.05 Å². The molecular formula is C2H7N2P. The van der Waals surface area contributed by atoms with Crippen molar-refractivity contribution >= 4 is 14.7 Å². The second kappa shape index (κ2) is 2.33. The zero-order valence-electron chi connectivity index (χ0n) is 3.18. The largest absolute Gasteiger partial charge is 0.261 e. The first-order valence-corrected chi connectivity index (χ1v) is 2.25. The highest BCUT2D eigenvalue weighted by Gasteiger charge is 1.66. The highest BCUT2D eigenvalue weighted by Crippen LogP contribution is 1.85. The molecule has 0 radical (unpaired) electrons. The van der Waals surface area contributed by atoms with Crippen LogP contribution in [0.2, 0.25) is 0 Å². The van der Waals surface area contributed by atoms with Gasteiger partial charge in [-0.05, 0) is 8.35 Å². The molecule has 3 heteroatoms. The molecule has 0 aromatic rings. The van der Waals surface area contributed by atoms with Crippen LogP contribution < -0.4 is 5.84 Å². The van der Waals surface area contributed by atoms with Crippen molar-refractivity contribution in [2.75, 3.05) is 7.05 Å². The van der Waals surface area contributed by atoms with Gasteiger partial charge in [0.2, 0.25) is 0 Å². The Labute approximate surface area is 33.4 Å². The number of hydrogen-bond donors (Lipinski definition) is 1. The molecule has 0 aliphatic rings. The minimum Gasteiger partial charge on any atom is -0.261 e. The van der Waals surface area contributed by atoms with Crippen molar-refractivity contribution in [3.05, 3.63) is 0 Å². The maximum Gasteiger partial charge on any atom is 0.0104 e. The van der Waals surface area contributed by atoms with E-state index in [9.17, 15) is 0 Å². The predicted octanol–water partition coefficient (Wildman–Crippen LogP) is 0.0851. The molecule has 2 N–H and O–H groups in total. The molecule has 0 spiro atoms. The van der Waals surface area contributed by atoms with E-state index in [0.29, 0.717) is 0 Å². The molecule has 0 bridgehead atoms. The molecule has 0 heterocycles. The Bertz CT molecular complexity index is 34.6. The van der Waals surface area contributed by atoms with Crippen LogP contribution in [0.25, 0.3) is 0 Å². The molecule has 5 heavy (non-hydrogen) atoms. The first-order chi connectivity index (χ1) is 2.27. The second-order valence-electron chi connectivity index (χ2n) is 0.715. The fraction of sp³-hybridized carbons (Fsp3) is 0.500. The van der Waals surface area contributed by atoms with E-state index in [1.807, 2.05) is 0 Å². The van der Waals surface area contributed by atoms with Crippen molar-refractivity contribution < 1.29 is 0 Å². The zero-order valence-corrected chi connectivity index (χ0v) is 4.07. The minimum absolute atomic E-state index is 0.858. The topological polar surface area (TPSA) is 29.3 Å². The predicted molar refractivity (Wildman–Crippen MR) is 26.0 cm³/mol. The van der Waals surface area contributed by atoms with E-state index in [-0.39, 0.29) is 0 Å². The van der Waals surface area contributed by atoms with Crippen molar-refractivity contribution in [1.82, 2.24) is 4.78 Å². The van der Waals surface area contributed by atoms with Crippen molar-refractivity contribution in [2.45, 2.75) is 0 Å². The summed E-state index contributed by atoms with van der Waals surface area (Å²) in [5.41, 5.74) is 0. The van der Waals surface area contributed by atoms with E-state index in [2.05, 4.69) is 6.30 Å². The van der Waals surface area contributed by atoms with Gasteiger partial charge in [-0.3, -0.25) is 5.84 Å². The number of hydrogen-bond acceptors (Lipinski definition) is 2. The van der Waals surface area contributed by atoms with Crippen molar-refractivity contribution in [3.8, 4) is 0 Å². The molecule has 0 aromatic heterocycles. The maximum absolute atomic E-state index is 5.05. The van der Waals surface area contributed by atoms with Crippen LogP contribution in [0.4, 0.5) is 0 Å². The summed E-state index contributed by atoms with van der Waals surface area (Å²) in [6, 6.07) is 0. The molecule has 30 valence electrons. The Hall–Kier alpha value is 0.0900. The third-order valence-electron chi connectivity index (χ3n) is 0.223. The lowest BCUT2D eigenvalue weighted by Crippen LogP contribution is -2.12. The molecule has 0 aromatic carbocycles. The van der Waals surface area contributed by atoms with E-state index < -0.39 is 0 Å². The van der Waals surface area contributed by atoms with Gasteiger partial charge in [-0.25, -0.2) is 4.78 Å². The number of nitrogens with two attached hydrogens (primary N) is 1. The number of hydrazine groups is 1. The van der Waals surface area contributed by atoms with Gasteiger partial charge in [-0.1, -0.05) is 6.30 Å². The van der Waals surface area contributed by atoms with E-state index in [1.165, 1.54) is 4.78 Å². The fourth-order valence-corrected chi connectivity index (χ4v) is 0. The third-order valence-corrected chi connectivity index (χ3v) is 0.669. The van der Waals surface area contributed by atoms with Gasteiger partial charge in [0.15, 0.2) is 0 Å². The lowest BCUT2D eigenvalue weighted by atomic mass is 11.5. The summed E-state index contributed by atoms with van der Waals surface area (Å²) in [4.78, 5) is 0. The normalized spacial score (nSPS) is 10.2. The fourth-order valence-electron chi connectivity index (χ4n) is 0. The Morgan fingerprint density at radius 3 is 2.20 bits per heavy atom. The summed E-state index contributed by atoms with van der Waals surface area (Å²) in [6.45, 7) is 0. The molecule has 0 atom stereocenters. The lowest BCUT2D eigenvalue weighted by molar-refractivity contribution is 0.608. The summed E-state index contributed by atoms with van der Waals surface area (Å²) < 4.78 is 1.49. The van der Waals surface area contributed by atoms with E-state index >= 15 is 0 Å². The molecule has 0 aliphatic heterocycles. The van der Waals surface area contributed by atoms with Crippen molar-refractivity contribution in [2.24, 2.45) is 5.84 Å². The summed E-state index contributed by atoms with van der Waals surface area (Å²) in [7, 11) is 2.62. The van der Waals surface area contributed by atoms with Gasteiger partial charge in [0.1, 0.15) is 0 Å². The minimum atomic E-state index is 0.858. The Morgan fingerprint density at radius 1 is 2.00 bits per heavy atom. The van der Waals surface area contributed by atoms with E-state index in [1.54, 1.807) is 7.05 Å². The number of rotatable bonds is 1. The Morgan fingerprint density at radius 2 is 2.20 bits per heavy atom. The summed E-state index contributed by atoms with van der Waals surface area (Å²) in [5.74, 6) is 5.05. The van der Waals surface area contributed by atoms with Crippen LogP contribution in [-0.2, 0) is 0 Å². The van der Waals surface area contributed by atoms with Gasteiger partial charge >= 0.3 is 0 Å².